The molecular weight excluding hydrogens is 456 g/mol. The van der Waals surface area contributed by atoms with E-state index >= 15 is 0 Å². The van der Waals surface area contributed by atoms with E-state index in [-0.39, 0.29) is 18.4 Å². The smallest absolute Gasteiger partial charge is 0.270 e. The van der Waals surface area contributed by atoms with Gasteiger partial charge in [-0.15, -0.1) is 0 Å². The second-order valence-corrected chi connectivity index (χ2v) is 9.79. The highest BCUT2D eigenvalue weighted by Crippen LogP contribution is 2.37. The lowest BCUT2D eigenvalue weighted by Crippen LogP contribution is -2.40. The van der Waals surface area contributed by atoms with Gasteiger partial charge < -0.3 is 14.4 Å². The van der Waals surface area contributed by atoms with Gasteiger partial charge in [-0.1, -0.05) is 55.2 Å². The van der Waals surface area contributed by atoms with Gasteiger partial charge in [0.25, 0.3) is 11.8 Å². The van der Waals surface area contributed by atoms with Crippen LogP contribution < -0.4 is 14.4 Å². The van der Waals surface area contributed by atoms with Crippen molar-refractivity contribution in [2.75, 3.05) is 31.7 Å². The molecule has 2 saturated heterocycles. The van der Waals surface area contributed by atoms with Crippen molar-refractivity contribution in [1.82, 2.24) is 4.90 Å². The molecule has 2 amide bonds. The molecule has 4 rings (SSSR count). The number of ether oxygens (including phenoxy) is 2. The molecule has 2 heterocycles. The first-order valence-electron chi connectivity index (χ1n) is 10.9. The number of rotatable bonds is 6. The monoisotopic (exact) mass is 482 g/mol. The molecule has 2 fully saturated rings. The number of likely N-dealkylation sites (tertiary alicyclic amines) is 1. The van der Waals surface area contributed by atoms with Crippen LogP contribution >= 0.6 is 24.0 Å². The van der Waals surface area contributed by atoms with E-state index in [1.165, 1.54) is 16.7 Å². The fourth-order valence-corrected chi connectivity index (χ4v) is 5.10. The second kappa shape index (κ2) is 10.4. The van der Waals surface area contributed by atoms with Gasteiger partial charge in [-0.25, -0.2) is 0 Å². The lowest BCUT2D eigenvalue weighted by Gasteiger charge is -2.30. The van der Waals surface area contributed by atoms with E-state index < -0.39 is 0 Å². The summed E-state index contributed by atoms with van der Waals surface area (Å²) in [6.45, 7) is 3.74. The first kappa shape index (κ1) is 23.3. The van der Waals surface area contributed by atoms with Crippen molar-refractivity contribution in [3.63, 3.8) is 0 Å². The molecule has 6 nitrogen and oxygen atoms in total. The normalized spacial score (nSPS) is 18.2. The summed E-state index contributed by atoms with van der Waals surface area (Å²) in [6, 6.07) is 14.7. The first-order chi connectivity index (χ1) is 16.0. The minimum atomic E-state index is -0.156. The third-order valence-electron chi connectivity index (χ3n) is 5.78. The van der Waals surface area contributed by atoms with Crippen molar-refractivity contribution < 1.29 is 19.1 Å². The summed E-state index contributed by atoms with van der Waals surface area (Å²) >= 11 is 6.69. The Hall–Kier alpha value is -2.84. The summed E-state index contributed by atoms with van der Waals surface area (Å²) in [5.74, 6) is 1.48. The van der Waals surface area contributed by atoms with Crippen LogP contribution in [0.2, 0.25) is 0 Å². The van der Waals surface area contributed by atoms with Crippen molar-refractivity contribution in [3.8, 4) is 11.5 Å². The van der Waals surface area contributed by atoms with Gasteiger partial charge in [0.1, 0.15) is 0 Å². The van der Waals surface area contributed by atoms with Crippen LogP contribution in [0.15, 0.2) is 53.4 Å². The number of thiocarbonyl (C=S) groups is 1. The van der Waals surface area contributed by atoms with Crippen LogP contribution in [0.3, 0.4) is 0 Å². The number of nitrogens with zero attached hydrogens (tertiary/aromatic N) is 2. The number of methoxy groups -OCH3 is 1. The molecule has 2 aromatic rings. The maximum absolute atomic E-state index is 12.9. The molecule has 0 N–H and O–H groups in total. The number of para-hydroxylation sites is 1. The summed E-state index contributed by atoms with van der Waals surface area (Å²) in [5.41, 5.74) is 1.53. The van der Waals surface area contributed by atoms with Crippen LogP contribution in [-0.4, -0.2) is 47.8 Å². The van der Waals surface area contributed by atoms with E-state index in [9.17, 15) is 9.59 Å². The molecule has 33 heavy (non-hydrogen) atoms. The average Bonchev–Trinajstić information content (AvgIpc) is 3.11. The largest absolute Gasteiger partial charge is 0.493 e. The molecule has 2 aliphatic rings. The third kappa shape index (κ3) is 5.39. The van der Waals surface area contributed by atoms with E-state index in [0.717, 1.165) is 37.2 Å². The SMILES string of the molecule is COc1cc(/C=C2\SC(=S)N(c3ccccc3)C2=O)ccc1OCC(=O)N1CCC(C)CC1. The van der Waals surface area contributed by atoms with Crippen LogP contribution in [0.4, 0.5) is 5.69 Å². The zero-order valence-corrected chi connectivity index (χ0v) is 20.3. The molecular formula is C25H26N2O4S2. The van der Waals surface area contributed by atoms with Gasteiger partial charge in [0, 0.05) is 13.1 Å². The summed E-state index contributed by atoms with van der Waals surface area (Å²) in [5, 5.41) is 0. The van der Waals surface area contributed by atoms with Crippen molar-refractivity contribution >= 4 is 51.9 Å². The summed E-state index contributed by atoms with van der Waals surface area (Å²) in [4.78, 5) is 29.4. The predicted molar refractivity (Wildman–Crippen MR) is 136 cm³/mol. The van der Waals surface area contributed by atoms with Gasteiger partial charge in [-0.3, -0.25) is 14.5 Å². The average molecular weight is 483 g/mol. The molecule has 0 spiro atoms. The zero-order chi connectivity index (χ0) is 23.4. The van der Waals surface area contributed by atoms with Crippen molar-refractivity contribution in [1.29, 1.82) is 0 Å². The van der Waals surface area contributed by atoms with E-state index in [0.29, 0.717) is 26.6 Å². The van der Waals surface area contributed by atoms with Crippen LogP contribution in [-0.2, 0) is 9.59 Å². The Kier molecular flexibility index (Phi) is 7.35. The van der Waals surface area contributed by atoms with Gasteiger partial charge in [0.05, 0.1) is 17.7 Å². The van der Waals surface area contributed by atoms with Gasteiger partial charge in [-0.05, 0) is 54.7 Å². The molecule has 0 saturated carbocycles. The van der Waals surface area contributed by atoms with Crippen molar-refractivity contribution in [2.24, 2.45) is 5.92 Å². The molecule has 2 aliphatic heterocycles. The van der Waals surface area contributed by atoms with Gasteiger partial charge in [0.15, 0.2) is 22.4 Å². The predicted octanol–water partition coefficient (Wildman–Crippen LogP) is 4.74. The van der Waals surface area contributed by atoms with Crippen LogP contribution in [0.25, 0.3) is 6.08 Å². The topological polar surface area (TPSA) is 59.1 Å². The van der Waals surface area contributed by atoms with E-state index in [1.54, 1.807) is 25.3 Å². The molecule has 0 bridgehead atoms. The number of anilines is 1. The van der Waals surface area contributed by atoms with Crippen LogP contribution in [0, 0.1) is 5.92 Å². The quantitative estimate of drug-likeness (QED) is 0.438. The molecule has 0 atom stereocenters. The Labute approximate surface area is 203 Å². The summed E-state index contributed by atoms with van der Waals surface area (Å²) in [6.07, 6.45) is 3.84. The van der Waals surface area contributed by atoms with E-state index in [1.807, 2.05) is 41.3 Å². The Balaban J connectivity index is 1.44. The molecule has 172 valence electrons. The zero-order valence-electron chi connectivity index (χ0n) is 18.7. The number of benzene rings is 2. The molecule has 0 radical (unpaired) electrons. The van der Waals surface area contributed by atoms with Crippen LogP contribution in [0.1, 0.15) is 25.3 Å². The van der Waals surface area contributed by atoms with Crippen LogP contribution in [0.5, 0.6) is 11.5 Å². The lowest BCUT2D eigenvalue weighted by atomic mass is 9.99. The molecule has 0 aliphatic carbocycles. The standard InChI is InChI=1S/C25H26N2O4S2/c1-17-10-12-26(13-11-17)23(28)16-31-20-9-8-18(14-21(20)30-2)15-22-24(29)27(25(32)33-22)19-6-4-3-5-7-19/h3-9,14-15,17H,10-13,16H2,1-2H3/b22-15-. The van der Waals surface area contributed by atoms with Crippen molar-refractivity contribution in [2.45, 2.75) is 19.8 Å². The minimum absolute atomic E-state index is 0.0161. The Morgan fingerprint density at radius 1 is 1.15 bits per heavy atom. The summed E-state index contributed by atoms with van der Waals surface area (Å²) in [7, 11) is 1.55. The van der Waals surface area contributed by atoms with Gasteiger partial charge in [0.2, 0.25) is 0 Å². The maximum Gasteiger partial charge on any atom is 0.270 e. The number of hydrogen-bond donors (Lipinski definition) is 0. The molecule has 2 aromatic carbocycles. The molecule has 0 unspecified atom stereocenters. The first-order valence-corrected chi connectivity index (χ1v) is 12.1. The Morgan fingerprint density at radius 3 is 2.58 bits per heavy atom. The minimum Gasteiger partial charge on any atom is -0.493 e. The number of carbonyl (C=O) groups excluding carboxylic acids is 2. The second-order valence-electron chi connectivity index (χ2n) is 8.11. The fourth-order valence-electron chi connectivity index (χ4n) is 3.80. The maximum atomic E-state index is 12.9. The highest BCUT2D eigenvalue weighted by molar-refractivity contribution is 8.27. The highest BCUT2D eigenvalue weighted by atomic mass is 32.2. The van der Waals surface area contributed by atoms with Gasteiger partial charge >= 0.3 is 0 Å². The lowest BCUT2D eigenvalue weighted by molar-refractivity contribution is -0.134. The number of hydrogen-bond acceptors (Lipinski definition) is 6. The van der Waals surface area contributed by atoms with E-state index in [4.69, 9.17) is 21.7 Å². The van der Waals surface area contributed by atoms with Gasteiger partial charge in [-0.2, -0.15) is 0 Å². The Morgan fingerprint density at radius 2 is 1.88 bits per heavy atom. The molecule has 0 aromatic heterocycles. The third-order valence-corrected chi connectivity index (χ3v) is 7.08. The molecule has 8 heteroatoms. The number of carbonyl (C=O) groups is 2. The van der Waals surface area contributed by atoms with Crippen molar-refractivity contribution in [3.05, 3.63) is 59.0 Å². The number of piperidine rings is 1. The highest BCUT2D eigenvalue weighted by Gasteiger charge is 2.33. The van der Waals surface area contributed by atoms with E-state index in [2.05, 4.69) is 6.92 Å². The number of thioether (sulfide) groups is 1. The summed E-state index contributed by atoms with van der Waals surface area (Å²) < 4.78 is 11.7. The fraction of sp³-hybridized carbons (Fsp3) is 0.320. The Bertz CT molecular complexity index is 1080. The number of amides is 2.